The van der Waals surface area contributed by atoms with Crippen molar-refractivity contribution in [3.8, 4) is 5.75 Å². The summed E-state index contributed by atoms with van der Waals surface area (Å²) in [4.78, 5) is 25.9. The molecule has 4 rings (SSSR count). The van der Waals surface area contributed by atoms with E-state index in [-0.39, 0.29) is 40.6 Å². The van der Waals surface area contributed by atoms with E-state index >= 15 is 0 Å². The third kappa shape index (κ3) is 3.30. The molecule has 0 amide bonds. The normalized spacial score (nSPS) is 16.2. The van der Waals surface area contributed by atoms with Gasteiger partial charge in [-0.1, -0.05) is 0 Å². The van der Waals surface area contributed by atoms with Gasteiger partial charge < -0.3 is 30.5 Å². The van der Waals surface area contributed by atoms with Gasteiger partial charge in [0.15, 0.2) is 11.6 Å². The van der Waals surface area contributed by atoms with E-state index in [2.05, 4.69) is 0 Å². The molecule has 8 nitrogen and oxygen atoms in total. The zero-order valence-electron chi connectivity index (χ0n) is 15.3. The van der Waals surface area contributed by atoms with Crippen LogP contribution in [0.2, 0.25) is 0 Å². The van der Waals surface area contributed by atoms with Gasteiger partial charge in [0.2, 0.25) is 5.43 Å². The first-order valence-corrected chi connectivity index (χ1v) is 8.59. The SMILES string of the molecule is COc1c(N2CC(CN)C2)c(F)cc2c(=O)c(C(=O)O)cn(C3CC3)c12.Cl.O. The van der Waals surface area contributed by atoms with Crippen LogP contribution in [0.15, 0.2) is 17.1 Å². The number of pyridine rings is 1. The summed E-state index contributed by atoms with van der Waals surface area (Å²) in [5, 5.41) is 9.37. The number of carboxylic acid groups (broad SMARTS) is 1. The van der Waals surface area contributed by atoms with Crippen LogP contribution in [0.25, 0.3) is 10.9 Å². The molecule has 10 heteroatoms. The quantitative estimate of drug-likeness (QED) is 0.754. The van der Waals surface area contributed by atoms with Crippen LogP contribution in [0.1, 0.15) is 29.2 Å². The molecule has 2 aromatic rings. The third-order valence-corrected chi connectivity index (χ3v) is 5.18. The van der Waals surface area contributed by atoms with Gasteiger partial charge in [-0.3, -0.25) is 4.79 Å². The molecule has 1 aliphatic heterocycles. The van der Waals surface area contributed by atoms with Crippen molar-refractivity contribution in [3.05, 3.63) is 33.9 Å². The van der Waals surface area contributed by atoms with Crippen molar-refractivity contribution >= 4 is 35.0 Å². The Morgan fingerprint density at radius 3 is 2.54 bits per heavy atom. The highest BCUT2D eigenvalue weighted by Crippen LogP contribution is 2.44. The van der Waals surface area contributed by atoms with Crippen molar-refractivity contribution in [2.45, 2.75) is 18.9 Å². The highest BCUT2D eigenvalue weighted by Gasteiger charge is 2.34. The Labute approximate surface area is 166 Å². The molecule has 0 unspecified atom stereocenters. The second-order valence-corrected chi connectivity index (χ2v) is 6.96. The molecule has 28 heavy (non-hydrogen) atoms. The summed E-state index contributed by atoms with van der Waals surface area (Å²) in [6.45, 7) is 1.77. The molecule has 1 aromatic carbocycles. The number of hydrogen-bond acceptors (Lipinski definition) is 5. The van der Waals surface area contributed by atoms with Gasteiger partial charge in [0.25, 0.3) is 0 Å². The van der Waals surface area contributed by atoms with E-state index in [4.69, 9.17) is 10.5 Å². The minimum atomic E-state index is -1.32. The number of fused-ring (bicyclic) bond motifs is 1. The molecular formula is C18H23ClFN3O5. The van der Waals surface area contributed by atoms with Gasteiger partial charge in [0, 0.05) is 31.2 Å². The number of rotatable bonds is 5. The van der Waals surface area contributed by atoms with E-state index in [9.17, 15) is 19.1 Å². The molecule has 1 saturated carbocycles. The van der Waals surface area contributed by atoms with Crippen LogP contribution >= 0.6 is 12.4 Å². The number of carbonyl (C=O) groups is 1. The minimum Gasteiger partial charge on any atom is -0.492 e. The number of ether oxygens (including phenoxy) is 1. The van der Waals surface area contributed by atoms with Crippen molar-refractivity contribution in [3.63, 3.8) is 0 Å². The lowest BCUT2D eigenvalue weighted by molar-refractivity contribution is 0.0695. The topological polar surface area (TPSA) is 129 Å². The Morgan fingerprint density at radius 2 is 2.04 bits per heavy atom. The van der Waals surface area contributed by atoms with E-state index in [1.54, 1.807) is 4.57 Å². The number of benzene rings is 1. The van der Waals surface area contributed by atoms with Crippen LogP contribution in [0.5, 0.6) is 5.75 Å². The molecular weight excluding hydrogens is 393 g/mol. The van der Waals surface area contributed by atoms with Crippen LogP contribution < -0.4 is 20.8 Å². The Morgan fingerprint density at radius 1 is 1.39 bits per heavy atom. The predicted molar refractivity (Wildman–Crippen MR) is 106 cm³/mol. The lowest BCUT2D eigenvalue weighted by Crippen LogP contribution is -2.50. The molecule has 2 aliphatic rings. The molecule has 1 saturated heterocycles. The lowest BCUT2D eigenvalue weighted by atomic mass is 9.98. The molecule has 154 valence electrons. The molecule has 0 spiro atoms. The smallest absolute Gasteiger partial charge is 0.341 e. The number of carboxylic acids is 1. The molecule has 1 aliphatic carbocycles. The summed E-state index contributed by atoms with van der Waals surface area (Å²) in [5.74, 6) is -1.33. The number of aromatic nitrogens is 1. The van der Waals surface area contributed by atoms with Gasteiger partial charge in [-0.25, -0.2) is 9.18 Å². The van der Waals surface area contributed by atoms with Crippen LogP contribution in [0, 0.1) is 11.7 Å². The molecule has 5 N–H and O–H groups in total. The van der Waals surface area contributed by atoms with E-state index in [1.165, 1.54) is 13.3 Å². The predicted octanol–water partition coefficient (Wildman–Crippen LogP) is 1.17. The Hall–Kier alpha value is -2.36. The summed E-state index contributed by atoms with van der Waals surface area (Å²) < 4.78 is 22.2. The number of nitrogens with zero attached hydrogens (tertiary/aromatic N) is 2. The first kappa shape index (κ1) is 21.9. The molecule has 2 heterocycles. The second kappa shape index (κ2) is 7.94. The summed E-state index contributed by atoms with van der Waals surface area (Å²) in [7, 11) is 1.44. The zero-order valence-corrected chi connectivity index (χ0v) is 16.1. The van der Waals surface area contributed by atoms with Crippen LogP contribution in [-0.4, -0.2) is 47.9 Å². The zero-order chi connectivity index (χ0) is 18.6. The van der Waals surface area contributed by atoms with Crippen molar-refractivity contribution in [1.82, 2.24) is 4.57 Å². The Kier molecular flexibility index (Phi) is 6.22. The number of nitrogens with two attached hydrogens (primary N) is 1. The van der Waals surface area contributed by atoms with Crippen molar-refractivity contribution in [1.29, 1.82) is 0 Å². The lowest BCUT2D eigenvalue weighted by Gasteiger charge is -2.41. The number of halogens is 2. The molecule has 2 fully saturated rings. The fourth-order valence-electron chi connectivity index (χ4n) is 3.63. The van der Waals surface area contributed by atoms with Crippen molar-refractivity contribution < 1.29 is 24.5 Å². The highest BCUT2D eigenvalue weighted by atomic mass is 35.5. The minimum absolute atomic E-state index is 0. The maximum atomic E-state index is 14.9. The average molecular weight is 416 g/mol. The molecule has 0 atom stereocenters. The van der Waals surface area contributed by atoms with Gasteiger partial charge >= 0.3 is 5.97 Å². The fraction of sp³-hybridized carbons (Fsp3) is 0.444. The fourth-order valence-corrected chi connectivity index (χ4v) is 3.63. The molecule has 0 bridgehead atoms. The number of anilines is 1. The van der Waals surface area contributed by atoms with Crippen LogP contribution in [0.4, 0.5) is 10.1 Å². The van der Waals surface area contributed by atoms with E-state index in [1.807, 2.05) is 4.90 Å². The summed E-state index contributed by atoms with van der Waals surface area (Å²) in [5.41, 5.74) is 5.37. The van der Waals surface area contributed by atoms with Crippen LogP contribution in [-0.2, 0) is 0 Å². The maximum absolute atomic E-state index is 14.9. The third-order valence-electron chi connectivity index (χ3n) is 5.18. The highest BCUT2D eigenvalue weighted by molar-refractivity contribution is 5.97. The van der Waals surface area contributed by atoms with E-state index < -0.39 is 17.2 Å². The average Bonchev–Trinajstić information content (AvgIpc) is 3.39. The summed E-state index contributed by atoms with van der Waals surface area (Å²) in [6.07, 6.45) is 3.12. The van der Waals surface area contributed by atoms with Gasteiger partial charge in [-0.15, -0.1) is 12.4 Å². The van der Waals surface area contributed by atoms with E-state index in [0.717, 1.165) is 18.9 Å². The largest absolute Gasteiger partial charge is 0.492 e. The van der Waals surface area contributed by atoms with Gasteiger partial charge in [-0.05, 0) is 25.5 Å². The molecule has 0 radical (unpaired) electrons. The van der Waals surface area contributed by atoms with Gasteiger partial charge in [0.05, 0.1) is 18.0 Å². The van der Waals surface area contributed by atoms with Gasteiger partial charge in [0.1, 0.15) is 11.3 Å². The summed E-state index contributed by atoms with van der Waals surface area (Å²) in [6, 6.07) is 1.23. The Bertz CT molecular complexity index is 970. The van der Waals surface area contributed by atoms with Crippen LogP contribution in [0.3, 0.4) is 0 Å². The van der Waals surface area contributed by atoms with Gasteiger partial charge in [-0.2, -0.15) is 0 Å². The second-order valence-electron chi connectivity index (χ2n) is 6.96. The maximum Gasteiger partial charge on any atom is 0.341 e. The Balaban J connectivity index is 0.00000140. The first-order valence-electron chi connectivity index (χ1n) is 8.59. The van der Waals surface area contributed by atoms with Crippen molar-refractivity contribution in [2.75, 3.05) is 31.6 Å². The number of aromatic carboxylic acids is 1. The van der Waals surface area contributed by atoms with Crippen molar-refractivity contribution in [2.24, 2.45) is 11.7 Å². The monoisotopic (exact) mass is 415 g/mol. The molecule has 1 aromatic heterocycles. The standard InChI is InChI=1S/C18H20FN3O4.ClH.H2O/c1-26-17-14-11(4-13(19)15(17)21-6-9(5-20)7-21)16(23)12(18(24)25)8-22(14)10-2-3-10;;/h4,8-10H,2-3,5-7,20H2,1H3,(H,24,25);1H;1H2. The number of methoxy groups -OCH3 is 1. The summed E-state index contributed by atoms with van der Waals surface area (Å²) >= 11 is 0. The number of hydrogen-bond donors (Lipinski definition) is 2. The van der Waals surface area contributed by atoms with E-state index in [0.29, 0.717) is 36.8 Å². The first-order chi connectivity index (χ1) is 12.5.